The van der Waals surface area contributed by atoms with Gasteiger partial charge in [-0.15, -0.1) is 0 Å². The summed E-state index contributed by atoms with van der Waals surface area (Å²) in [5.41, 5.74) is 0.882. The number of nitrogens with zero attached hydrogens (tertiary/aromatic N) is 1. The Bertz CT molecular complexity index is 639. The molecule has 0 fully saturated rings. The van der Waals surface area contributed by atoms with Gasteiger partial charge < -0.3 is 18.4 Å². The van der Waals surface area contributed by atoms with Crippen LogP contribution in [0.25, 0.3) is 0 Å². The van der Waals surface area contributed by atoms with E-state index in [4.69, 9.17) is 13.7 Å². The molecule has 20 heavy (non-hydrogen) atoms. The average Bonchev–Trinajstić information content (AvgIpc) is 3.01. The summed E-state index contributed by atoms with van der Waals surface area (Å²) in [5, 5.41) is 3.58. The highest BCUT2D eigenvalue weighted by molar-refractivity contribution is 5.90. The number of aryl methyl sites for hydroxylation is 2. The molecule has 0 amide bonds. The number of hydrogen-bond donors (Lipinski definition) is 0. The van der Waals surface area contributed by atoms with Crippen LogP contribution in [0.15, 0.2) is 21.1 Å². The summed E-state index contributed by atoms with van der Waals surface area (Å²) in [5.74, 6) is -0.404. The summed E-state index contributed by atoms with van der Waals surface area (Å²) in [4.78, 5) is 23.0. The fourth-order valence-corrected chi connectivity index (χ4v) is 1.60. The van der Waals surface area contributed by atoms with Gasteiger partial charge in [0.1, 0.15) is 23.7 Å². The molecule has 2 heterocycles. The number of methoxy groups -OCH3 is 1. The van der Waals surface area contributed by atoms with Crippen molar-refractivity contribution in [1.82, 2.24) is 5.16 Å². The maximum Gasteiger partial charge on any atom is 0.377 e. The van der Waals surface area contributed by atoms with Gasteiger partial charge in [0.15, 0.2) is 0 Å². The summed E-state index contributed by atoms with van der Waals surface area (Å²) in [6.07, 6.45) is 0. The van der Waals surface area contributed by atoms with Gasteiger partial charge in [-0.3, -0.25) is 0 Å². The molecule has 0 spiro atoms. The highest BCUT2D eigenvalue weighted by atomic mass is 16.6. The van der Waals surface area contributed by atoms with Crippen molar-refractivity contribution < 1.29 is 28.0 Å². The van der Waals surface area contributed by atoms with Gasteiger partial charge >= 0.3 is 11.9 Å². The van der Waals surface area contributed by atoms with Crippen LogP contribution in [0, 0.1) is 13.8 Å². The van der Waals surface area contributed by atoms with E-state index in [2.05, 4.69) is 9.89 Å². The topological polar surface area (TPSA) is 91.8 Å². The van der Waals surface area contributed by atoms with Gasteiger partial charge in [0.2, 0.25) is 5.76 Å². The Labute approximate surface area is 114 Å². The van der Waals surface area contributed by atoms with E-state index in [0.717, 1.165) is 0 Å². The van der Waals surface area contributed by atoms with Gasteiger partial charge in [0, 0.05) is 6.07 Å². The Balaban J connectivity index is 2.01. The molecule has 0 aliphatic rings. The van der Waals surface area contributed by atoms with Crippen molar-refractivity contribution >= 4 is 11.9 Å². The first-order chi connectivity index (χ1) is 9.51. The van der Waals surface area contributed by atoms with Crippen molar-refractivity contribution in [3.05, 3.63) is 40.7 Å². The van der Waals surface area contributed by atoms with E-state index in [-0.39, 0.29) is 12.4 Å². The van der Waals surface area contributed by atoms with Crippen molar-refractivity contribution in [2.45, 2.75) is 20.5 Å². The zero-order valence-corrected chi connectivity index (χ0v) is 11.3. The van der Waals surface area contributed by atoms with Crippen LogP contribution in [-0.2, 0) is 16.1 Å². The number of carbonyl (C=O) groups excluding carboxylic acids is 2. The second-order valence-electron chi connectivity index (χ2n) is 4.08. The predicted molar refractivity (Wildman–Crippen MR) is 65.1 cm³/mol. The van der Waals surface area contributed by atoms with E-state index in [9.17, 15) is 9.59 Å². The lowest BCUT2D eigenvalue weighted by atomic mass is 10.2. The maximum atomic E-state index is 11.6. The van der Waals surface area contributed by atoms with Gasteiger partial charge in [0.05, 0.1) is 12.8 Å². The molecule has 0 atom stereocenters. The molecule has 2 aromatic rings. The monoisotopic (exact) mass is 279 g/mol. The van der Waals surface area contributed by atoms with E-state index in [0.29, 0.717) is 22.8 Å². The van der Waals surface area contributed by atoms with Crippen LogP contribution in [-0.4, -0.2) is 24.2 Å². The molecule has 7 nitrogen and oxygen atoms in total. The maximum absolute atomic E-state index is 11.6. The van der Waals surface area contributed by atoms with E-state index in [1.165, 1.54) is 19.2 Å². The Kier molecular flexibility index (Phi) is 3.88. The third-order valence-electron chi connectivity index (χ3n) is 2.55. The first-order valence-electron chi connectivity index (χ1n) is 5.79. The largest absolute Gasteiger partial charge is 0.465 e. The standard InChI is InChI=1S/C13H13NO6/c1-7-4-11(20-14-7)13(16)18-6-9-5-10(8(2)19-9)12(15)17-3/h4-5H,6H2,1-3H3. The van der Waals surface area contributed by atoms with Gasteiger partial charge in [0.25, 0.3) is 0 Å². The molecule has 0 N–H and O–H groups in total. The fraction of sp³-hybridized carbons (Fsp3) is 0.308. The smallest absolute Gasteiger partial charge is 0.377 e. The Hall–Kier alpha value is -2.57. The number of hydrogen-bond acceptors (Lipinski definition) is 7. The Morgan fingerprint density at radius 2 is 2.00 bits per heavy atom. The zero-order chi connectivity index (χ0) is 14.7. The van der Waals surface area contributed by atoms with Gasteiger partial charge in [-0.1, -0.05) is 5.16 Å². The number of aromatic nitrogens is 1. The molecule has 0 aliphatic carbocycles. The van der Waals surface area contributed by atoms with Crippen molar-refractivity contribution in [2.75, 3.05) is 7.11 Å². The molecule has 0 bridgehead atoms. The zero-order valence-electron chi connectivity index (χ0n) is 11.3. The number of carbonyl (C=O) groups is 2. The van der Waals surface area contributed by atoms with Crippen LogP contribution in [0.5, 0.6) is 0 Å². The van der Waals surface area contributed by atoms with E-state index in [1.807, 2.05) is 0 Å². The normalized spacial score (nSPS) is 10.3. The van der Waals surface area contributed by atoms with E-state index in [1.54, 1.807) is 13.8 Å². The molecular weight excluding hydrogens is 266 g/mol. The van der Waals surface area contributed by atoms with Crippen LogP contribution in [0.2, 0.25) is 0 Å². The molecular formula is C13H13NO6. The van der Waals surface area contributed by atoms with Crippen molar-refractivity contribution in [1.29, 1.82) is 0 Å². The first kappa shape index (κ1) is 13.9. The predicted octanol–water partition coefficient (Wildman–Crippen LogP) is 2.03. The van der Waals surface area contributed by atoms with Crippen molar-refractivity contribution in [3.8, 4) is 0 Å². The quantitative estimate of drug-likeness (QED) is 0.790. The number of rotatable bonds is 4. The summed E-state index contributed by atoms with van der Waals surface area (Å²) < 4.78 is 19.7. The Morgan fingerprint density at radius 3 is 2.60 bits per heavy atom. The molecule has 0 saturated heterocycles. The van der Waals surface area contributed by atoms with Crippen LogP contribution < -0.4 is 0 Å². The molecule has 0 saturated carbocycles. The molecule has 0 unspecified atom stereocenters. The molecule has 106 valence electrons. The second-order valence-corrected chi connectivity index (χ2v) is 4.08. The summed E-state index contributed by atoms with van der Waals surface area (Å²) in [7, 11) is 1.28. The second kappa shape index (κ2) is 5.60. The minimum atomic E-state index is -0.653. The lowest BCUT2D eigenvalue weighted by molar-refractivity contribution is 0.0397. The molecule has 2 rings (SSSR count). The van der Waals surface area contributed by atoms with Crippen LogP contribution in [0.4, 0.5) is 0 Å². The van der Waals surface area contributed by atoms with Gasteiger partial charge in [-0.05, 0) is 19.9 Å². The minimum Gasteiger partial charge on any atom is -0.465 e. The molecule has 7 heteroatoms. The lowest BCUT2D eigenvalue weighted by Gasteiger charge is -1.98. The van der Waals surface area contributed by atoms with Crippen LogP contribution in [0.3, 0.4) is 0 Å². The number of furan rings is 1. The number of ether oxygens (including phenoxy) is 2. The Morgan fingerprint density at radius 1 is 1.25 bits per heavy atom. The molecule has 0 radical (unpaired) electrons. The van der Waals surface area contributed by atoms with Crippen molar-refractivity contribution in [3.63, 3.8) is 0 Å². The van der Waals surface area contributed by atoms with Gasteiger partial charge in [-0.2, -0.15) is 0 Å². The third-order valence-corrected chi connectivity index (χ3v) is 2.55. The SMILES string of the molecule is COC(=O)c1cc(COC(=O)c2cc(C)no2)oc1C. The first-order valence-corrected chi connectivity index (χ1v) is 5.79. The minimum absolute atomic E-state index is 0.0129. The van der Waals surface area contributed by atoms with Crippen molar-refractivity contribution in [2.24, 2.45) is 0 Å². The van der Waals surface area contributed by atoms with Crippen LogP contribution >= 0.6 is 0 Å². The third kappa shape index (κ3) is 2.87. The van der Waals surface area contributed by atoms with Gasteiger partial charge in [-0.25, -0.2) is 9.59 Å². The fourth-order valence-electron chi connectivity index (χ4n) is 1.60. The lowest BCUT2D eigenvalue weighted by Crippen LogP contribution is -2.03. The number of esters is 2. The highest BCUT2D eigenvalue weighted by Gasteiger charge is 2.18. The van der Waals surface area contributed by atoms with E-state index < -0.39 is 11.9 Å². The summed E-state index contributed by atoms with van der Waals surface area (Å²) in [6.45, 7) is 3.20. The summed E-state index contributed by atoms with van der Waals surface area (Å²) >= 11 is 0. The van der Waals surface area contributed by atoms with Crippen LogP contribution in [0.1, 0.15) is 38.1 Å². The average molecular weight is 279 g/mol. The summed E-state index contributed by atoms with van der Waals surface area (Å²) in [6, 6.07) is 2.94. The molecule has 0 aliphatic heterocycles. The van der Waals surface area contributed by atoms with E-state index >= 15 is 0 Å². The highest BCUT2D eigenvalue weighted by Crippen LogP contribution is 2.17. The molecule has 2 aromatic heterocycles. The molecule has 0 aromatic carbocycles.